The smallest absolute Gasteiger partial charge is 0.119 e. The molecule has 1 aromatic rings. The first-order valence-electron chi connectivity index (χ1n) is 4.70. The fraction of sp³-hybridized carbons (Fsp3) is 0.455. The molecule has 0 saturated heterocycles. The number of benzene rings is 1. The van der Waals surface area contributed by atoms with Gasteiger partial charge in [-0.25, -0.2) is 0 Å². The minimum Gasteiger partial charge on any atom is -0.492 e. The average molecular weight is 195 g/mol. The van der Waals surface area contributed by atoms with E-state index in [1.807, 2.05) is 25.1 Å². The van der Waals surface area contributed by atoms with E-state index in [0.717, 1.165) is 5.75 Å². The van der Waals surface area contributed by atoms with Gasteiger partial charge in [0.15, 0.2) is 0 Å². The summed E-state index contributed by atoms with van der Waals surface area (Å²) in [6, 6.07) is 5.58. The number of hydrogen-bond donors (Lipinski definition) is 2. The number of rotatable bonds is 4. The van der Waals surface area contributed by atoms with Crippen LogP contribution in [0.25, 0.3) is 0 Å². The van der Waals surface area contributed by atoms with E-state index in [2.05, 4.69) is 6.92 Å². The summed E-state index contributed by atoms with van der Waals surface area (Å²) < 4.78 is 5.41. The predicted molar refractivity (Wildman–Crippen MR) is 56.5 cm³/mol. The van der Waals surface area contributed by atoms with Crippen LogP contribution in [0.15, 0.2) is 18.2 Å². The van der Waals surface area contributed by atoms with Crippen molar-refractivity contribution in [1.29, 1.82) is 0 Å². The Morgan fingerprint density at radius 1 is 1.36 bits per heavy atom. The van der Waals surface area contributed by atoms with Gasteiger partial charge in [-0.2, -0.15) is 0 Å². The molecule has 0 saturated carbocycles. The summed E-state index contributed by atoms with van der Waals surface area (Å²) in [5.74, 6) is 0.803. The second kappa shape index (κ2) is 4.98. The van der Waals surface area contributed by atoms with Crippen LogP contribution in [0.2, 0.25) is 0 Å². The standard InChI is InChI=1S/C11H17NO2/c1-8-3-4-11(5-9(8)2)14-7-10(12)6-13/h3-5,10,13H,6-7,12H2,1-2H3. The Kier molecular flexibility index (Phi) is 3.92. The average Bonchev–Trinajstić information content (AvgIpc) is 2.19. The van der Waals surface area contributed by atoms with Crippen molar-refractivity contribution in [2.45, 2.75) is 19.9 Å². The van der Waals surface area contributed by atoms with Crippen molar-refractivity contribution in [2.24, 2.45) is 5.73 Å². The van der Waals surface area contributed by atoms with E-state index in [0.29, 0.717) is 6.61 Å². The van der Waals surface area contributed by atoms with Crippen LogP contribution in [-0.4, -0.2) is 24.4 Å². The number of nitrogens with two attached hydrogens (primary N) is 1. The van der Waals surface area contributed by atoms with Crippen LogP contribution < -0.4 is 10.5 Å². The zero-order chi connectivity index (χ0) is 10.6. The highest BCUT2D eigenvalue weighted by molar-refractivity contribution is 5.33. The first-order valence-corrected chi connectivity index (χ1v) is 4.70. The molecule has 0 heterocycles. The number of aliphatic hydroxyl groups excluding tert-OH is 1. The summed E-state index contributed by atoms with van der Waals surface area (Å²) in [5.41, 5.74) is 7.95. The molecule has 78 valence electrons. The zero-order valence-electron chi connectivity index (χ0n) is 8.66. The highest BCUT2D eigenvalue weighted by Gasteiger charge is 2.02. The molecule has 0 aliphatic heterocycles. The first-order chi connectivity index (χ1) is 6.63. The lowest BCUT2D eigenvalue weighted by molar-refractivity contribution is 0.206. The van der Waals surface area contributed by atoms with Crippen molar-refractivity contribution >= 4 is 0 Å². The Morgan fingerprint density at radius 2 is 2.07 bits per heavy atom. The number of hydrogen-bond acceptors (Lipinski definition) is 3. The lowest BCUT2D eigenvalue weighted by atomic mass is 10.1. The largest absolute Gasteiger partial charge is 0.492 e. The van der Waals surface area contributed by atoms with Gasteiger partial charge in [-0.05, 0) is 37.1 Å². The fourth-order valence-electron chi connectivity index (χ4n) is 1.06. The van der Waals surface area contributed by atoms with E-state index in [9.17, 15) is 0 Å². The quantitative estimate of drug-likeness (QED) is 0.753. The second-order valence-electron chi connectivity index (χ2n) is 3.50. The summed E-state index contributed by atoms with van der Waals surface area (Å²) in [4.78, 5) is 0. The van der Waals surface area contributed by atoms with E-state index in [4.69, 9.17) is 15.6 Å². The summed E-state index contributed by atoms with van der Waals surface area (Å²) in [6.07, 6.45) is 0. The van der Waals surface area contributed by atoms with Crippen LogP contribution in [0.1, 0.15) is 11.1 Å². The Morgan fingerprint density at radius 3 is 2.64 bits per heavy atom. The molecule has 3 nitrogen and oxygen atoms in total. The molecule has 1 unspecified atom stereocenters. The van der Waals surface area contributed by atoms with E-state index < -0.39 is 0 Å². The Hall–Kier alpha value is -1.06. The molecule has 0 amide bonds. The van der Waals surface area contributed by atoms with E-state index in [1.165, 1.54) is 11.1 Å². The molecule has 0 radical (unpaired) electrons. The van der Waals surface area contributed by atoms with Crippen LogP contribution in [0, 0.1) is 13.8 Å². The van der Waals surface area contributed by atoms with Gasteiger partial charge in [0.1, 0.15) is 12.4 Å². The third-order valence-corrected chi connectivity index (χ3v) is 2.18. The van der Waals surface area contributed by atoms with Crippen LogP contribution >= 0.6 is 0 Å². The molecule has 0 aliphatic carbocycles. The Bertz CT molecular complexity index is 299. The predicted octanol–water partition coefficient (Wildman–Crippen LogP) is 1.00. The highest BCUT2D eigenvalue weighted by Crippen LogP contribution is 2.16. The minimum absolute atomic E-state index is 0.0508. The normalized spacial score (nSPS) is 12.6. The van der Waals surface area contributed by atoms with Gasteiger partial charge >= 0.3 is 0 Å². The molecule has 0 aromatic heterocycles. The number of aliphatic hydroxyl groups is 1. The van der Waals surface area contributed by atoms with E-state index in [1.54, 1.807) is 0 Å². The monoisotopic (exact) mass is 195 g/mol. The summed E-state index contributed by atoms with van der Waals surface area (Å²) in [7, 11) is 0. The van der Waals surface area contributed by atoms with Crippen molar-refractivity contribution in [1.82, 2.24) is 0 Å². The van der Waals surface area contributed by atoms with E-state index >= 15 is 0 Å². The zero-order valence-corrected chi connectivity index (χ0v) is 8.66. The molecule has 14 heavy (non-hydrogen) atoms. The maximum absolute atomic E-state index is 8.71. The maximum Gasteiger partial charge on any atom is 0.119 e. The molecular weight excluding hydrogens is 178 g/mol. The van der Waals surface area contributed by atoms with Crippen molar-refractivity contribution in [3.63, 3.8) is 0 Å². The number of aryl methyl sites for hydroxylation is 2. The SMILES string of the molecule is Cc1ccc(OCC(N)CO)cc1C. The third kappa shape index (κ3) is 3.01. The molecule has 0 fully saturated rings. The Balaban J connectivity index is 2.55. The minimum atomic E-state index is -0.309. The molecule has 0 aliphatic rings. The van der Waals surface area contributed by atoms with Gasteiger partial charge < -0.3 is 15.6 Å². The summed E-state index contributed by atoms with van der Waals surface area (Å²) >= 11 is 0. The van der Waals surface area contributed by atoms with Crippen molar-refractivity contribution in [3.05, 3.63) is 29.3 Å². The van der Waals surface area contributed by atoms with Gasteiger partial charge in [-0.1, -0.05) is 6.07 Å². The molecular formula is C11H17NO2. The van der Waals surface area contributed by atoms with Crippen LogP contribution in [0.3, 0.4) is 0 Å². The molecule has 0 bridgehead atoms. The van der Waals surface area contributed by atoms with Crippen LogP contribution in [0.4, 0.5) is 0 Å². The maximum atomic E-state index is 8.71. The molecule has 1 aromatic carbocycles. The molecule has 1 atom stereocenters. The molecule has 3 heteroatoms. The van der Waals surface area contributed by atoms with Gasteiger partial charge in [-0.15, -0.1) is 0 Å². The Labute approximate surface area is 84.5 Å². The molecule has 0 spiro atoms. The summed E-state index contributed by atoms with van der Waals surface area (Å²) in [6.45, 7) is 4.39. The van der Waals surface area contributed by atoms with Gasteiger partial charge in [0.2, 0.25) is 0 Å². The number of ether oxygens (including phenoxy) is 1. The van der Waals surface area contributed by atoms with E-state index in [-0.39, 0.29) is 12.6 Å². The lowest BCUT2D eigenvalue weighted by Crippen LogP contribution is -2.31. The van der Waals surface area contributed by atoms with Gasteiger partial charge in [-0.3, -0.25) is 0 Å². The van der Waals surface area contributed by atoms with Gasteiger partial charge in [0.25, 0.3) is 0 Å². The van der Waals surface area contributed by atoms with Gasteiger partial charge in [0, 0.05) is 0 Å². The lowest BCUT2D eigenvalue weighted by Gasteiger charge is -2.11. The fourth-order valence-corrected chi connectivity index (χ4v) is 1.06. The molecule has 3 N–H and O–H groups in total. The van der Waals surface area contributed by atoms with Crippen molar-refractivity contribution in [2.75, 3.05) is 13.2 Å². The second-order valence-corrected chi connectivity index (χ2v) is 3.50. The first kappa shape index (κ1) is 11.0. The van der Waals surface area contributed by atoms with Crippen LogP contribution in [-0.2, 0) is 0 Å². The molecule has 1 rings (SSSR count). The van der Waals surface area contributed by atoms with Crippen molar-refractivity contribution < 1.29 is 9.84 Å². The highest BCUT2D eigenvalue weighted by atomic mass is 16.5. The third-order valence-electron chi connectivity index (χ3n) is 2.18. The van der Waals surface area contributed by atoms with Gasteiger partial charge in [0.05, 0.1) is 12.6 Å². The van der Waals surface area contributed by atoms with Crippen molar-refractivity contribution in [3.8, 4) is 5.75 Å². The topological polar surface area (TPSA) is 55.5 Å². The van der Waals surface area contributed by atoms with Crippen LogP contribution in [0.5, 0.6) is 5.75 Å². The summed E-state index contributed by atoms with van der Waals surface area (Å²) in [5, 5.41) is 8.71.